The van der Waals surface area contributed by atoms with E-state index in [0.29, 0.717) is 5.69 Å². The van der Waals surface area contributed by atoms with E-state index in [1.165, 1.54) is 30.9 Å². The van der Waals surface area contributed by atoms with Gasteiger partial charge >= 0.3 is 0 Å². The topological polar surface area (TPSA) is 80.0 Å². The van der Waals surface area contributed by atoms with Gasteiger partial charge in [0.25, 0.3) is 5.91 Å². The van der Waals surface area contributed by atoms with Crippen LogP contribution < -0.4 is 5.32 Å². The van der Waals surface area contributed by atoms with E-state index >= 15 is 0 Å². The Morgan fingerprint density at radius 2 is 1.79 bits per heavy atom. The van der Waals surface area contributed by atoms with Gasteiger partial charge in [-0.1, -0.05) is 0 Å². The number of hydrogen-bond donors (Lipinski definition) is 2. The molecule has 0 aliphatic rings. The molecule has 1 amide bonds. The first-order chi connectivity index (χ1) is 13.1. The number of hydrogen-bond acceptors (Lipinski definition) is 4. The average Bonchev–Trinajstić information content (AvgIpc) is 2.99. The van der Waals surface area contributed by atoms with Crippen LogP contribution in [-0.2, 0) is 12.6 Å². The first-order valence-electron chi connectivity index (χ1n) is 8.25. The molecule has 0 spiro atoms. The van der Waals surface area contributed by atoms with Crippen molar-refractivity contribution in [2.24, 2.45) is 7.05 Å². The van der Waals surface area contributed by atoms with Crippen LogP contribution in [0.2, 0.25) is 0 Å². The molecule has 0 radical (unpaired) electrons. The molecule has 0 bridgehead atoms. The van der Waals surface area contributed by atoms with Gasteiger partial charge < -0.3 is 10.4 Å². The summed E-state index contributed by atoms with van der Waals surface area (Å²) in [7, 11) is 1.66. The molecule has 1 aromatic carbocycles. The van der Waals surface area contributed by atoms with Gasteiger partial charge in [0.05, 0.1) is 23.0 Å². The second-order valence-electron chi connectivity index (χ2n) is 6.76. The highest BCUT2D eigenvalue weighted by Gasteiger charge is 2.24. The van der Waals surface area contributed by atoms with Gasteiger partial charge in [-0.15, -0.1) is 0 Å². The number of amides is 1. The Balaban J connectivity index is 2.01. The van der Waals surface area contributed by atoms with Crippen LogP contribution in [0.4, 0.5) is 18.9 Å². The second kappa shape index (κ2) is 7.08. The van der Waals surface area contributed by atoms with E-state index in [1.807, 2.05) is 0 Å². The van der Waals surface area contributed by atoms with Crippen molar-refractivity contribution in [3.63, 3.8) is 0 Å². The molecule has 28 heavy (non-hydrogen) atoms. The first kappa shape index (κ1) is 19.6. The van der Waals surface area contributed by atoms with Crippen molar-refractivity contribution in [3.05, 3.63) is 65.4 Å². The lowest BCUT2D eigenvalue weighted by Crippen LogP contribution is -2.17. The minimum atomic E-state index is -1.49. The van der Waals surface area contributed by atoms with Crippen LogP contribution in [0.1, 0.15) is 29.9 Å². The third-order valence-corrected chi connectivity index (χ3v) is 4.03. The van der Waals surface area contributed by atoms with Gasteiger partial charge in [-0.3, -0.25) is 9.48 Å². The van der Waals surface area contributed by atoms with Gasteiger partial charge in [-0.05, 0) is 43.7 Å². The molecule has 0 aliphatic heterocycles. The quantitative estimate of drug-likeness (QED) is 0.716. The molecule has 3 rings (SSSR count). The molecular formula is C19H17F3N4O2. The van der Waals surface area contributed by atoms with Crippen molar-refractivity contribution in [2.45, 2.75) is 19.4 Å². The monoisotopic (exact) mass is 390 g/mol. The van der Waals surface area contributed by atoms with Crippen molar-refractivity contribution in [1.82, 2.24) is 14.8 Å². The van der Waals surface area contributed by atoms with Crippen LogP contribution in [0.15, 0.2) is 36.7 Å². The van der Waals surface area contributed by atoms with Crippen molar-refractivity contribution in [2.75, 3.05) is 5.32 Å². The van der Waals surface area contributed by atoms with E-state index in [2.05, 4.69) is 15.4 Å². The lowest BCUT2D eigenvalue weighted by Gasteiger charge is -2.19. The predicted octanol–water partition coefficient (Wildman–Crippen LogP) is 3.38. The van der Waals surface area contributed by atoms with Crippen LogP contribution in [0.25, 0.3) is 11.3 Å². The average molecular weight is 390 g/mol. The highest BCUT2D eigenvalue weighted by Crippen LogP contribution is 2.31. The van der Waals surface area contributed by atoms with Crippen LogP contribution in [-0.4, -0.2) is 25.8 Å². The molecule has 0 aliphatic carbocycles. The third kappa shape index (κ3) is 3.89. The molecule has 2 aromatic heterocycles. The molecule has 146 valence electrons. The van der Waals surface area contributed by atoms with Gasteiger partial charge in [0.2, 0.25) is 0 Å². The SMILES string of the molecule is Cn1cc(NC(=O)c2ccc(F)c(-c3c(F)cc(C(C)(C)O)cc3F)n2)cn1. The number of aliphatic hydroxyl groups is 1. The fraction of sp³-hybridized carbons (Fsp3) is 0.211. The lowest BCUT2D eigenvalue weighted by molar-refractivity contribution is 0.0778. The molecular weight excluding hydrogens is 373 g/mol. The maximum absolute atomic E-state index is 14.5. The fourth-order valence-electron chi connectivity index (χ4n) is 2.58. The van der Waals surface area contributed by atoms with Gasteiger partial charge in [-0.25, -0.2) is 18.2 Å². The Labute approximate surface area is 158 Å². The molecule has 0 saturated heterocycles. The summed E-state index contributed by atoms with van der Waals surface area (Å²) in [5, 5.41) is 16.3. The Hall–Kier alpha value is -3.20. The number of carbonyl (C=O) groups excluding carboxylic acids is 1. The Morgan fingerprint density at radius 3 is 2.32 bits per heavy atom. The highest BCUT2D eigenvalue weighted by atomic mass is 19.1. The lowest BCUT2D eigenvalue weighted by atomic mass is 9.95. The summed E-state index contributed by atoms with van der Waals surface area (Å²) in [4.78, 5) is 16.1. The largest absolute Gasteiger partial charge is 0.386 e. The van der Waals surface area contributed by atoms with E-state index in [4.69, 9.17) is 0 Å². The number of nitrogens with one attached hydrogen (secondary N) is 1. The minimum absolute atomic E-state index is 0.0165. The van der Waals surface area contributed by atoms with Gasteiger partial charge in [0.1, 0.15) is 28.8 Å². The van der Waals surface area contributed by atoms with E-state index < -0.39 is 40.2 Å². The number of rotatable bonds is 4. The van der Waals surface area contributed by atoms with E-state index in [1.54, 1.807) is 7.05 Å². The molecule has 2 heterocycles. The summed E-state index contributed by atoms with van der Waals surface area (Å²) >= 11 is 0. The summed E-state index contributed by atoms with van der Waals surface area (Å²) in [5.41, 5.74) is -2.72. The Morgan fingerprint density at radius 1 is 1.14 bits per heavy atom. The van der Waals surface area contributed by atoms with Crippen molar-refractivity contribution in [1.29, 1.82) is 0 Å². The van der Waals surface area contributed by atoms with Crippen molar-refractivity contribution in [3.8, 4) is 11.3 Å². The number of pyridine rings is 1. The van der Waals surface area contributed by atoms with E-state index in [0.717, 1.165) is 24.3 Å². The van der Waals surface area contributed by atoms with Crippen LogP contribution in [0, 0.1) is 17.5 Å². The molecule has 6 nitrogen and oxygen atoms in total. The molecule has 0 fully saturated rings. The maximum atomic E-state index is 14.5. The zero-order chi connectivity index (χ0) is 20.6. The number of benzene rings is 1. The summed E-state index contributed by atoms with van der Waals surface area (Å²) in [5.74, 6) is -3.89. The summed E-state index contributed by atoms with van der Waals surface area (Å²) in [6.07, 6.45) is 2.94. The first-order valence-corrected chi connectivity index (χ1v) is 8.25. The Bertz CT molecular complexity index is 1030. The van der Waals surface area contributed by atoms with Gasteiger partial charge in [0, 0.05) is 13.2 Å². The normalized spacial score (nSPS) is 11.5. The zero-order valence-electron chi connectivity index (χ0n) is 15.3. The molecule has 0 saturated carbocycles. The number of anilines is 1. The summed E-state index contributed by atoms with van der Waals surface area (Å²) < 4.78 is 44.8. The molecule has 2 N–H and O–H groups in total. The summed E-state index contributed by atoms with van der Waals surface area (Å²) in [6, 6.07) is 3.82. The number of aromatic nitrogens is 3. The number of carbonyl (C=O) groups is 1. The molecule has 0 atom stereocenters. The van der Waals surface area contributed by atoms with Crippen LogP contribution in [0.3, 0.4) is 0 Å². The predicted molar refractivity (Wildman–Crippen MR) is 96.0 cm³/mol. The van der Waals surface area contributed by atoms with Crippen LogP contribution in [0.5, 0.6) is 0 Å². The highest BCUT2D eigenvalue weighted by molar-refractivity contribution is 6.03. The van der Waals surface area contributed by atoms with Gasteiger partial charge in [-0.2, -0.15) is 5.10 Å². The van der Waals surface area contributed by atoms with E-state index in [9.17, 15) is 23.1 Å². The molecule has 3 aromatic rings. The third-order valence-electron chi connectivity index (χ3n) is 4.03. The number of nitrogens with zero attached hydrogens (tertiary/aromatic N) is 3. The van der Waals surface area contributed by atoms with Crippen molar-refractivity contribution < 1.29 is 23.1 Å². The number of aryl methyl sites for hydroxylation is 1. The Kier molecular flexibility index (Phi) is 4.95. The minimum Gasteiger partial charge on any atom is -0.386 e. The van der Waals surface area contributed by atoms with E-state index in [-0.39, 0.29) is 11.3 Å². The van der Waals surface area contributed by atoms with Gasteiger partial charge in [0.15, 0.2) is 0 Å². The number of halogens is 3. The van der Waals surface area contributed by atoms with Crippen molar-refractivity contribution >= 4 is 11.6 Å². The second-order valence-corrected chi connectivity index (χ2v) is 6.76. The molecule has 9 heteroatoms. The fourth-order valence-corrected chi connectivity index (χ4v) is 2.58. The zero-order valence-corrected chi connectivity index (χ0v) is 15.3. The standard InChI is InChI=1S/C19H17F3N4O2/c1-19(2,28)10-6-13(21)16(14(22)7-10)17-12(20)4-5-15(25-17)18(27)24-11-8-23-26(3)9-11/h4-9,28H,1-3H3,(H,24,27). The molecule has 0 unspecified atom stereocenters. The van der Waals surface area contributed by atoms with Crippen LogP contribution >= 0.6 is 0 Å². The smallest absolute Gasteiger partial charge is 0.274 e. The summed E-state index contributed by atoms with van der Waals surface area (Å²) in [6.45, 7) is 2.73. The maximum Gasteiger partial charge on any atom is 0.274 e.